The van der Waals surface area contributed by atoms with Crippen LogP contribution in [0.3, 0.4) is 0 Å². The highest BCUT2D eigenvalue weighted by atomic mass is 16.4. The summed E-state index contributed by atoms with van der Waals surface area (Å²) in [6.07, 6.45) is -0.437. The minimum absolute atomic E-state index is 0.300. The van der Waals surface area contributed by atoms with Gasteiger partial charge in [0.15, 0.2) is 0 Å². The van der Waals surface area contributed by atoms with Crippen molar-refractivity contribution in [1.29, 1.82) is 0 Å². The first-order valence-corrected chi connectivity index (χ1v) is 3.39. The molecule has 68 valence electrons. The summed E-state index contributed by atoms with van der Waals surface area (Å²) < 4.78 is 0. The van der Waals surface area contributed by atoms with Crippen molar-refractivity contribution in [3.63, 3.8) is 0 Å². The molecule has 0 fully saturated rings. The van der Waals surface area contributed by atoms with Crippen molar-refractivity contribution in [2.75, 3.05) is 6.61 Å². The maximum absolute atomic E-state index is 8.78. The summed E-state index contributed by atoms with van der Waals surface area (Å²) >= 11 is 0. The van der Waals surface area contributed by atoms with Gasteiger partial charge in [0.25, 0.3) is 0 Å². The van der Waals surface area contributed by atoms with E-state index < -0.39 is 6.09 Å². The fraction of sp³-hybridized carbons (Fsp3) is 0.857. The predicted molar refractivity (Wildman–Crippen MR) is 43.4 cm³/mol. The predicted octanol–water partition coefficient (Wildman–Crippen LogP) is 1.04. The van der Waals surface area contributed by atoms with Gasteiger partial charge in [0, 0.05) is 6.61 Å². The van der Waals surface area contributed by atoms with E-state index in [1.165, 1.54) is 0 Å². The summed E-state index contributed by atoms with van der Waals surface area (Å²) in [4.78, 5) is 8.78. The van der Waals surface area contributed by atoms with Gasteiger partial charge in [-0.1, -0.05) is 20.8 Å². The molecule has 0 aromatic carbocycles. The van der Waals surface area contributed by atoms with Crippen LogP contribution in [0.5, 0.6) is 0 Å². The molecule has 0 saturated heterocycles. The second-order valence-corrected chi connectivity index (χ2v) is 3.37. The largest absolute Gasteiger partial charge is 0.465 e. The minimum atomic E-state index is -1.33. The van der Waals surface area contributed by atoms with Crippen LogP contribution in [0, 0.1) is 5.41 Å². The maximum atomic E-state index is 8.78. The van der Waals surface area contributed by atoms with Gasteiger partial charge in [0.1, 0.15) is 0 Å². The zero-order valence-corrected chi connectivity index (χ0v) is 7.29. The molecule has 0 rings (SSSR count). The van der Waals surface area contributed by atoms with Crippen LogP contribution >= 0.6 is 0 Å². The summed E-state index contributed by atoms with van der Waals surface area (Å²) in [5.74, 6) is 0. The zero-order chi connectivity index (χ0) is 9.49. The molecule has 0 aliphatic heterocycles. The second kappa shape index (κ2) is 5.97. The third-order valence-corrected chi connectivity index (χ3v) is 0.862. The van der Waals surface area contributed by atoms with Crippen molar-refractivity contribution in [1.82, 2.24) is 0 Å². The van der Waals surface area contributed by atoms with Gasteiger partial charge in [0.2, 0.25) is 0 Å². The molecule has 0 aromatic rings. The number of aliphatic hydroxyl groups is 1. The van der Waals surface area contributed by atoms with Gasteiger partial charge in [-0.25, -0.2) is 4.79 Å². The topological polar surface area (TPSA) is 83.5 Å². The van der Waals surface area contributed by atoms with Crippen LogP contribution in [0.4, 0.5) is 4.79 Å². The number of rotatable bonds is 1. The Morgan fingerprint density at radius 2 is 1.73 bits per heavy atom. The number of aliphatic hydroxyl groups excluding tert-OH is 1. The lowest BCUT2D eigenvalue weighted by molar-refractivity contribution is 0.205. The molecule has 0 atom stereocenters. The van der Waals surface area contributed by atoms with E-state index in [0.717, 1.165) is 6.42 Å². The van der Waals surface area contributed by atoms with E-state index in [1.54, 1.807) is 0 Å². The molecule has 4 N–H and O–H groups in total. The molecule has 1 amide bonds. The molecule has 4 heteroatoms. The molecule has 0 bridgehead atoms. The summed E-state index contributed by atoms with van der Waals surface area (Å²) in [5, 5.41) is 15.6. The molecular formula is C7H17NO3. The zero-order valence-electron chi connectivity index (χ0n) is 7.29. The van der Waals surface area contributed by atoms with Crippen LogP contribution < -0.4 is 5.73 Å². The van der Waals surface area contributed by atoms with E-state index in [2.05, 4.69) is 26.5 Å². The number of carboxylic acid groups (broad SMARTS) is 1. The lowest BCUT2D eigenvalue weighted by Gasteiger charge is -2.14. The van der Waals surface area contributed by atoms with E-state index in [9.17, 15) is 0 Å². The Morgan fingerprint density at radius 1 is 1.45 bits per heavy atom. The van der Waals surface area contributed by atoms with E-state index >= 15 is 0 Å². The highest BCUT2D eigenvalue weighted by Gasteiger charge is 2.06. The second-order valence-electron chi connectivity index (χ2n) is 3.37. The lowest BCUT2D eigenvalue weighted by Crippen LogP contribution is -2.06. The van der Waals surface area contributed by atoms with Crippen molar-refractivity contribution in [2.45, 2.75) is 27.2 Å². The van der Waals surface area contributed by atoms with Gasteiger partial charge in [-0.15, -0.1) is 0 Å². The smallest absolute Gasteiger partial charge is 0.402 e. The van der Waals surface area contributed by atoms with Crippen LogP contribution in [0.2, 0.25) is 0 Å². The third kappa shape index (κ3) is 46.2. The standard InChI is InChI=1S/C6H14O.CH3NO2/c1-6(2,3)4-5-7;2-1(3)4/h7H,4-5H2,1-3H3;2H2,(H,3,4). The summed E-state index contributed by atoms with van der Waals surface area (Å²) in [6, 6.07) is 0. The molecule has 0 unspecified atom stereocenters. The van der Waals surface area contributed by atoms with Crippen LogP contribution in [0.15, 0.2) is 0 Å². The van der Waals surface area contributed by atoms with E-state index in [1.807, 2.05) is 0 Å². The Hall–Kier alpha value is -0.770. The first-order chi connectivity index (χ1) is 4.79. The first-order valence-electron chi connectivity index (χ1n) is 3.39. The van der Waals surface area contributed by atoms with Crippen LogP contribution in [0.1, 0.15) is 27.2 Å². The molecule has 0 spiro atoms. The van der Waals surface area contributed by atoms with Gasteiger partial charge in [-0.3, -0.25) is 0 Å². The van der Waals surface area contributed by atoms with Crippen molar-refractivity contribution in [2.24, 2.45) is 11.1 Å². The highest BCUT2D eigenvalue weighted by Crippen LogP contribution is 2.16. The number of hydrogen-bond donors (Lipinski definition) is 3. The summed E-state index contributed by atoms with van der Waals surface area (Å²) in [6.45, 7) is 6.65. The molecule has 0 heterocycles. The van der Waals surface area contributed by atoms with Gasteiger partial charge in [-0.05, 0) is 11.8 Å². The first kappa shape index (κ1) is 12.9. The Bertz CT molecular complexity index is 103. The summed E-state index contributed by atoms with van der Waals surface area (Å²) in [7, 11) is 0. The number of carbonyl (C=O) groups is 1. The lowest BCUT2D eigenvalue weighted by atomic mass is 9.93. The Balaban J connectivity index is 0. The SMILES string of the molecule is CC(C)(C)CCO.NC(=O)O. The van der Waals surface area contributed by atoms with Crippen molar-refractivity contribution < 1.29 is 15.0 Å². The molecule has 0 radical (unpaired) electrons. The van der Waals surface area contributed by atoms with Gasteiger partial charge >= 0.3 is 6.09 Å². The van der Waals surface area contributed by atoms with Crippen molar-refractivity contribution in [3.8, 4) is 0 Å². The maximum Gasteiger partial charge on any atom is 0.402 e. The molecular weight excluding hydrogens is 146 g/mol. The van der Waals surface area contributed by atoms with E-state index in [-0.39, 0.29) is 0 Å². The fourth-order valence-electron chi connectivity index (χ4n) is 0.335. The Kier molecular flexibility index (Phi) is 6.99. The monoisotopic (exact) mass is 163 g/mol. The number of nitrogens with two attached hydrogens (primary N) is 1. The number of amides is 1. The highest BCUT2D eigenvalue weighted by molar-refractivity contribution is 5.61. The fourth-order valence-corrected chi connectivity index (χ4v) is 0.335. The molecule has 0 aromatic heterocycles. The average molecular weight is 163 g/mol. The van der Waals surface area contributed by atoms with E-state index in [0.29, 0.717) is 12.0 Å². The molecule has 0 aliphatic rings. The molecule has 0 aliphatic carbocycles. The van der Waals surface area contributed by atoms with Crippen molar-refractivity contribution in [3.05, 3.63) is 0 Å². The molecule has 4 nitrogen and oxygen atoms in total. The normalized spacial score (nSPS) is 9.82. The van der Waals surface area contributed by atoms with Crippen LogP contribution in [-0.2, 0) is 0 Å². The minimum Gasteiger partial charge on any atom is -0.465 e. The quantitative estimate of drug-likeness (QED) is 0.540. The van der Waals surface area contributed by atoms with Gasteiger partial charge < -0.3 is 15.9 Å². The molecule has 0 saturated carbocycles. The Morgan fingerprint density at radius 3 is 1.73 bits per heavy atom. The van der Waals surface area contributed by atoms with E-state index in [4.69, 9.17) is 15.0 Å². The Labute approximate surface area is 67.0 Å². The van der Waals surface area contributed by atoms with Crippen molar-refractivity contribution >= 4 is 6.09 Å². The van der Waals surface area contributed by atoms with Crippen LogP contribution in [0.25, 0.3) is 0 Å². The third-order valence-electron chi connectivity index (χ3n) is 0.862. The number of primary amides is 1. The molecule has 11 heavy (non-hydrogen) atoms. The van der Waals surface area contributed by atoms with Gasteiger partial charge in [0.05, 0.1) is 0 Å². The van der Waals surface area contributed by atoms with Gasteiger partial charge in [-0.2, -0.15) is 0 Å². The van der Waals surface area contributed by atoms with Crippen LogP contribution in [-0.4, -0.2) is 22.9 Å². The summed E-state index contributed by atoms with van der Waals surface area (Å²) in [5.41, 5.74) is 4.33. The average Bonchev–Trinajstić information content (AvgIpc) is 1.58. The number of hydrogen-bond acceptors (Lipinski definition) is 2.